The molecule has 0 radical (unpaired) electrons. The van der Waals surface area contributed by atoms with Crippen molar-refractivity contribution >= 4 is 34.7 Å². The normalized spacial score (nSPS) is 10.5. The molecule has 0 atom stereocenters. The lowest BCUT2D eigenvalue weighted by molar-refractivity contribution is 0.627. The van der Waals surface area contributed by atoms with Gasteiger partial charge in [0.15, 0.2) is 0 Å². The number of halogens is 3. The standard InChI is InChI=1S/C13H12Cl2FN3/c1-2-19(10-5-3-9(16)4-6-10)13-11(7-14)12(15)17-8-18-13/h3-6,8H,2,7H2,1H3. The van der Waals surface area contributed by atoms with Crippen molar-refractivity contribution in [2.24, 2.45) is 0 Å². The molecule has 0 saturated carbocycles. The molecule has 6 heteroatoms. The number of anilines is 2. The second-order valence-electron chi connectivity index (χ2n) is 3.82. The minimum absolute atomic E-state index is 0.215. The maximum absolute atomic E-state index is 13.0. The molecule has 1 heterocycles. The average Bonchev–Trinajstić information content (AvgIpc) is 2.42. The van der Waals surface area contributed by atoms with Crippen LogP contribution in [0.3, 0.4) is 0 Å². The Kier molecular flexibility index (Phi) is 4.56. The van der Waals surface area contributed by atoms with E-state index in [2.05, 4.69) is 9.97 Å². The molecule has 19 heavy (non-hydrogen) atoms. The van der Waals surface area contributed by atoms with Gasteiger partial charge < -0.3 is 4.90 Å². The molecule has 0 unspecified atom stereocenters. The Balaban J connectivity index is 2.48. The van der Waals surface area contributed by atoms with E-state index in [0.717, 1.165) is 5.69 Å². The van der Waals surface area contributed by atoms with E-state index in [1.54, 1.807) is 12.1 Å². The van der Waals surface area contributed by atoms with E-state index in [9.17, 15) is 4.39 Å². The third kappa shape index (κ3) is 2.96. The molecular weight excluding hydrogens is 288 g/mol. The SMILES string of the molecule is CCN(c1ccc(F)cc1)c1ncnc(Cl)c1CCl. The zero-order valence-electron chi connectivity index (χ0n) is 10.3. The molecule has 1 aromatic carbocycles. The first-order chi connectivity index (χ1) is 9.17. The lowest BCUT2D eigenvalue weighted by atomic mass is 10.2. The molecule has 0 N–H and O–H groups in total. The van der Waals surface area contributed by atoms with Crippen molar-refractivity contribution in [3.8, 4) is 0 Å². The number of aromatic nitrogens is 2. The highest BCUT2D eigenvalue weighted by atomic mass is 35.5. The fourth-order valence-corrected chi connectivity index (χ4v) is 2.31. The number of hydrogen-bond acceptors (Lipinski definition) is 3. The molecule has 0 aliphatic rings. The van der Waals surface area contributed by atoms with Crippen LogP contribution in [0.5, 0.6) is 0 Å². The Morgan fingerprint density at radius 1 is 1.21 bits per heavy atom. The second kappa shape index (κ2) is 6.17. The summed E-state index contributed by atoms with van der Waals surface area (Å²) < 4.78 is 13.0. The zero-order valence-corrected chi connectivity index (χ0v) is 11.8. The molecule has 2 rings (SSSR count). The van der Waals surface area contributed by atoms with E-state index >= 15 is 0 Å². The van der Waals surface area contributed by atoms with E-state index in [4.69, 9.17) is 23.2 Å². The molecule has 2 aromatic rings. The first kappa shape index (κ1) is 14.0. The number of rotatable bonds is 4. The van der Waals surface area contributed by atoms with Crippen molar-refractivity contribution in [2.45, 2.75) is 12.8 Å². The highest BCUT2D eigenvalue weighted by Crippen LogP contribution is 2.30. The minimum atomic E-state index is -0.280. The second-order valence-corrected chi connectivity index (χ2v) is 4.45. The number of hydrogen-bond donors (Lipinski definition) is 0. The van der Waals surface area contributed by atoms with Crippen LogP contribution in [-0.4, -0.2) is 16.5 Å². The molecule has 0 spiro atoms. The van der Waals surface area contributed by atoms with Gasteiger partial charge in [-0.3, -0.25) is 0 Å². The Bertz CT molecular complexity index is 560. The van der Waals surface area contributed by atoms with Gasteiger partial charge in [0.1, 0.15) is 23.1 Å². The minimum Gasteiger partial charge on any atom is -0.326 e. The Morgan fingerprint density at radius 3 is 2.47 bits per heavy atom. The summed E-state index contributed by atoms with van der Waals surface area (Å²) in [6.45, 7) is 2.63. The van der Waals surface area contributed by atoms with Crippen molar-refractivity contribution in [1.82, 2.24) is 9.97 Å². The van der Waals surface area contributed by atoms with Crippen LogP contribution < -0.4 is 4.90 Å². The highest BCUT2D eigenvalue weighted by molar-refractivity contribution is 6.31. The van der Waals surface area contributed by atoms with Gasteiger partial charge in [-0.1, -0.05) is 11.6 Å². The van der Waals surface area contributed by atoms with E-state index in [1.165, 1.54) is 18.5 Å². The van der Waals surface area contributed by atoms with E-state index in [1.807, 2.05) is 11.8 Å². The molecule has 100 valence electrons. The maximum atomic E-state index is 13.0. The molecule has 3 nitrogen and oxygen atoms in total. The van der Waals surface area contributed by atoms with Crippen LogP contribution in [0.2, 0.25) is 5.15 Å². The largest absolute Gasteiger partial charge is 0.326 e. The predicted molar refractivity (Wildman–Crippen MR) is 75.7 cm³/mol. The maximum Gasteiger partial charge on any atom is 0.142 e. The van der Waals surface area contributed by atoms with Gasteiger partial charge in [0.25, 0.3) is 0 Å². The average molecular weight is 300 g/mol. The molecule has 0 saturated heterocycles. The van der Waals surface area contributed by atoms with Crippen molar-refractivity contribution < 1.29 is 4.39 Å². The van der Waals surface area contributed by atoms with Crippen LogP contribution in [0.4, 0.5) is 15.9 Å². The van der Waals surface area contributed by atoms with Gasteiger partial charge in [-0.25, -0.2) is 14.4 Å². The Labute approximate surface area is 121 Å². The number of alkyl halides is 1. The van der Waals surface area contributed by atoms with Crippen molar-refractivity contribution in [2.75, 3.05) is 11.4 Å². The topological polar surface area (TPSA) is 29.0 Å². The van der Waals surface area contributed by atoms with Gasteiger partial charge >= 0.3 is 0 Å². The third-order valence-corrected chi connectivity index (χ3v) is 3.31. The summed E-state index contributed by atoms with van der Waals surface area (Å²) in [7, 11) is 0. The van der Waals surface area contributed by atoms with Crippen LogP contribution >= 0.6 is 23.2 Å². The summed E-state index contributed by atoms with van der Waals surface area (Å²) in [5.41, 5.74) is 1.49. The summed E-state index contributed by atoms with van der Waals surface area (Å²) in [5.74, 6) is 0.578. The molecule has 0 fully saturated rings. The highest BCUT2D eigenvalue weighted by Gasteiger charge is 2.16. The lowest BCUT2D eigenvalue weighted by Gasteiger charge is -2.24. The van der Waals surface area contributed by atoms with Gasteiger partial charge in [0, 0.05) is 17.8 Å². The van der Waals surface area contributed by atoms with Gasteiger partial charge in [-0.05, 0) is 31.2 Å². The van der Waals surface area contributed by atoms with Gasteiger partial charge in [-0.15, -0.1) is 11.6 Å². The molecule has 0 aliphatic heterocycles. The van der Waals surface area contributed by atoms with Gasteiger partial charge in [-0.2, -0.15) is 0 Å². The van der Waals surface area contributed by atoms with E-state index in [-0.39, 0.29) is 11.7 Å². The Morgan fingerprint density at radius 2 is 1.89 bits per heavy atom. The zero-order chi connectivity index (χ0) is 13.8. The summed E-state index contributed by atoms with van der Waals surface area (Å²) in [6.07, 6.45) is 1.39. The van der Waals surface area contributed by atoms with Crippen LogP contribution in [0.15, 0.2) is 30.6 Å². The summed E-state index contributed by atoms with van der Waals surface area (Å²) in [5, 5.41) is 0.334. The van der Waals surface area contributed by atoms with Gasteiger partial charge in [0.2, 0.25) is 0 Å². The molecular formula is C13H12Cl2FN3. The van der Waals surface area contributed by atoms with Crippen LogP contribution in [0, 0.1) is 5.82 Å². The number of nitrogens with zero attached hydrogens (tertiary/aromatic N) is 3. The molecule has 0 aliphatic carbocycles. The molecule has 0 amide bonds. The fraction of sp³-hybridized carbons (Fsp3) is 0.231. The van der Waals surface area contributed by atoms with Crippen LogP contribution in [0.25, 0.3) is 0 Å². The first-order valence-corrected chi connectivity index (χ1v) is 6.67. The van der Waals surface area contributed by atoms with Crippen LogP contribution in [0.1, 0.15) is 12.5 Å². The van der Waals surface area contributed by atoms with E-state index < -0.39 is 0 Å². The molecule has 1 aromatic heterocycles. The summed E-state index contributed by atoms with van der Waals surface area (Å²) in [4.78, 5) is 10.1. The molecule has 0 bridgehead atoms. The van der Waals surface area contributed by atoms with Crippen molar-refractivity contribution in [1.29, 1.82) is 0 Å². The summed E-state index contributed by atoms with van der Waals surface area (Å²) >= 11 is 11.9. The fourth-order valence-electron chi connectivity index (χ4n) is 1.81. The predicted octanol–water partition coefficient (Wildman–Crippen LogP) is 4.17. The smallest absolute Gasteiger partial charge is 0.142 e. The van der Waals surface area contributed by atoms with E-state index in [0.29, 0.717) is 23.1 Å². The quantitative estimate of drug-likeness (QED) is 0.627. The van der Waals surface area contributed by atoms with Gasteiger partial charge in [0.05, 0.1) is 5.88 Å². The van der Waals surface area contributed by atoms with Crippen LogP contribution in [-0.2, 0) is 5.88 Å². The van der Waals surface area contributed by atoms with Crippen molar-refractivity contribution in [3.63, 3.8) is 0 Å². The third-order valence-electron chi connectivity index (χ3n) is 2.71. The number of benzene rings is 1. The first-order valence-electron chi connectivity index (χ1n) is 5.75. The lowest BCUT2D eigenvalue weighted by Crippen LogP contribution is -2.19. The monoisotopic (exact) mass is 299 g/mol. The Hall–Kier alpha value is -1.39. The van der Waals surface area contributed by atoms with Crippen molar-refractivity contribution in [3.05, 3.63) is 47.1 Å². The summed E-state index contributed by atoms with van der Waals surface area (Å²) in [6, 6.07) is 6.18.